The van der Waals surface area contributed by atoms with Gasteiger partial charge in [0.05, 0.1) is 5.02 Å². The highest BCUT2D eigenvalue weighted by Gasteiger charge is 2.20. The second-order valence-electron chi connectivity index (χ2n) is 4.27. The highest BCUT2D eigenvalue weighted by atomic mass is 79.9. The summed E-state index contributed by atoms with van der Waals surface area (Å²) in [6.45, 7) is 2.24. The van der Waals surface area contributed by atoms with Gasteiger partial charge in [-0.15, -0.1) is 0 Å². The Hall–Kier alpha value is -0.280. The van der Waals surface area contributed by atoms with Crippen LogP contribution in [0, 0.1) is 5.92 Å². The molecule has 0 saturated carbocycles. The molecule has 0 aliphatic carbocycles. The van der Waals surface area contributed by atoms with E-state index >= 15 is 0 Å². The van der Waals surface area contributed by atoms with Gasteiger partial charge in [0.25, 0.3) is 0 Å². The lowest BCUT2D eigenvalue weighted by atomic mass is 9.96. The molecule has 2 heterocycles. The minimum absolute atomic E-state index is 0.706. The van der Waals surface area contributed by atoms with E-state index in [-0.39, 0.29) is 0 Å². The maximum Gasteiger partial charge on any atom is 0.128 e. The van der Waals surface area contributed by atoms with Gasteiger partial charge in [-0.3, -0.25) is 0 Å². The maximum atomic E-state index is 5.84. The summed E-state index contributed by atoms with van der Waals surface area (Å²) in [6, 6.07) is 3.93. The molecule has 88 valence electrons. The highest BCUT2D eigenvalue weighted by Crippen LogP contribution is 2.24. The molecule has 2 nitrogen and oxygen atoms in total. The highest BCUT2D eigenvalue weighted by molar-refractivity contribution is 9.09. The van der Waals surface area contributed by atoms with Crippen molar-refractivity contribution in [1.82, 2.24) is 4.98 Å². The van der Waals surface area contributed by atoms with E-state index < -0.39 is 0 Å². The lowest BCUT2D eigenvalue weighted by molar-refractivity contribution is 0.406. The van der Waals surface area contributed by atoms with Crippen LogP contribution in [0.3, 0.4) is 0 Å². The lowest BCUT2D eigenvalue weighted by Gasteiger charge is -2.33. The molecule has 0 radical (unpaired) electrons. The summed E-state index contributed by atoms with van der Waals surface area (Å²) in [5.74, 6) is 1.86. The normalized spacial score (nSPS) is 21.1. The maximum absolute atomic E-state index is 5.84. The van der Waals surface area contributed by atoms with Crippen molar-refractivity contribution in [3.8, 4) is 0 Å². The van der Waals surface area contributed by atoms with E-state index in [0.29, 0.717) is 5.02 Å². The molecule has 1 aliphatic rings. The number of hydrogen-bond donors (Lipinski definition) is 0. The topological polar surface area (TPSA) is 16.1 Å². The van der Waals surface area contributed by atoms with Gasteiger partial charge in [0.15, 0.2) is 0 Å². The summed E-state index contributed by atoms with van der Waals surface area (Å²) >= 11 is 9.36. The van der Waals surface area contributed by atoms with Crippen molar-refractivity contribution in [1.29, 1.82) is 0 Å². The van der Waals surface area contributed by atoms with E-state index in [0.717, 1.165) is 30.2 Å². The molecule has 2 rings (SSSR count). The Morgan fingerprint density at radius 3 is 3.06 bits per heavy atom. The van der Waals surface area contributed by atoms with Gasteiger partial charge >= 0.3 is 0 Å². The SMILES string of the molecule is Clc1ccc(N2CCCC(CCBr)C2)nc1. The van der Waals surface area contributed by atoms with Crippen LogP contribution < -0.4 is 4.90 Å². The smallest absolute Gasteiger partial charge is 0.128 e. The molecule has 1 saturated heterocycles. The fraction of sp³-hybridized carbons (Fsp3) is 0.583. The van der Waals surface area contributed by atoms with E-state index in [1.165, 1.54) is 19.3 Å². The molecule has 1 aliphatic heterocycles. The first-order chi connectivity index (χ1) is 7.79. The molecule has 0 bridgehead atoms. The monoisotopic (exact) mass is 302 g/mol. The molecule has 1 aromatic heterocycles. The zero-order chi connectivity index (χ0) is 11.4. The van der Waals surface area contributed by atoms with Crippen molar-refractivity contribution in [3.63, 3.8) is 0 Å². The van der Waals surface area contributed by atoms with Crippen LogP contribution >= 0.6 is 27.5 Å². The number of alkyl halides is 1. The number of rotatable bonds is 3. The molecule has 16 heavy (non-hydrogen) atoms. The Morgan fingerprint density at radius 1 is 1.50 bits per heavy atom. The van der Waals surface area contributed by atoms with Crippen LogP contribution in [0.15, 0.2) is 18.3 Å². The quantitative estimate of drug-likeness (QED) is 0.791. The van der Waals surface area contributed by atoms with Gasteiger partial charge in [0, 0.05) is 24.6 Å². The average Bonchev–Trinajstić information content (AvgIpc) is 2.31. The second-order valence-corrected chi connectivity index (χ2v) is 5.50. The van der Waals surface area contributed by atoms with Crippen molar-refractivity contribution in [2.24, 2.45) is 5.92 Å². The minimum Gasteiger partial charge on any atom is -0.356 e. The van der Waals surface area contributed by atoms with Gasteiger partial charge in [-0.05, 0) is 37.3 Å². The lowest BCUT2D eigenvalue weighted by Crippen LogP contribution is -2.36. The Kier molecular flexibility index (Phi) is 4.47. The number of hydrogen-bond acceptors (Lipinski definition) is 2. The molecular formula is C12H16BrClN2. The third-order valence-electron chi connectivity index (χ3n) is 3.07. The molecular weight excluding hydrogens is 288 g/mol. The summed E-state index contributed by atoms with van der Waals surface area (Å²) in [5, 5.41) is 1.80. The Bertz CT molecular complexity index is 326. The van der Waals surface area contributed by atoms with Crippen LogP contribution in [0.5, 0.6) is 0 Å². The fourth-order valence-electron chi connectivity index (χ4n) is 2.22. The van der Waals surface area contributed by atoms with Gasteiger partial charge in [-0.1, -0.05) is 27.5 Å². The molecule has 0 aromatic carbocycles. The fourth-order valence-corrected chi connectivity index (χ4v) is 2.98. The first-order valence-corrected chi connectivity index (χ1v) is 7.22. The van der Waals surface area contributed by atoms with E-state index in [9.17, 15) is 0 Å². The van der Waals surface area contributed by atoms with Crippen LogP contribution in [0.2, 0.25) is 5.02 Å². The Morgan fingerprint density at radius 2 is 2.38 bits per heavy atom. The predicted molar refractivity (Wildman–Crippen MR) is 72.6 cm³/mol. The predicted octanol–water partition coefficient (Wildman–Crippen LogP) is 3.74. The largest absolute Gasteiger partial charge is 0.356 e. The first-order valence-electron chi connectivity index (χ1n) is 5.72. The first kappa shape index (κ1) is 12.2. The van der Waals surface area contributed by atoms with Gasteiger partial charge < -0.3 is 4.90 Å². The zero-order valence-corrected chi connectivity index (χ0v) is 11.5. The van der Waals surface area contributed by atoms with Crippen LogP contribution in [0.25, 0.3) is 0 Å². The van der Waals surface area contributed by atoms with E-state index in [1.807, 2.05) is 12.1 Å². The minimum atomic E-state index is 0.706. The zero-order valence-electron chi connectivity index (χ0n) is 9.20. The van der Waals surface area contributed by atoms with Crippen molar-refractivity contribution < 1.29 is 0 Å². The molecule has 1 unspecified atom stereocenters. The number of aromatic nitrogens is 1. The molecule has 1 aromatic rings. The standard InChI is InChI=1S/C12H16BrClN2/c13-6-5-10-2-1-7-16(9-10)12-4-3-11(14)8-15-12/h3-4,8,10H,1-2,5-7,9H2. The number of anilines is 1. The summed E-state index contributed by atoms with van der Waals surface area (Å²) in [6.07, 6.45) is 5.59. The number of piperidine rings is 1. The van der Waals surface area contributed by atoms with Crippen LogP contribution in [-0.2, 0) is 0 Å². The summed E-state index contributed by atoms with van der Waals surface area (Å²) in [7, 11) is 0. The molecule has 0 N–H and O–H groups in total. The molecule has 4 heteroatoms. The van der Waals surface area contributed by atoms with Crippen molar-refractivity contribution in [2.45, 2.75) is 19.3 Å². The summed E-state index contributed by atoms with van der Waals surface area (Å²) < 4.78 is 0. The van der Waals surface area contributed by atoms with E-state index in [4.69, 9.17) is 11.6 Å². The van der Waals surface area contributed by atoms with Crippen LogP contribution in [0.1, 0.15) is 19.3 Å². The second kappa shape index (κ2) is 5.87. The number of nitrogens with zero attached hydrogens (tertiary/aromatic N) is 2. The van der Waals surface area contributed by atoms with Gasteiger partial charge in [0.1, 0.15) is 5.82 Å². The number of halogens is 2. The van der Waals surface area contributed by atoms with Crippen LogP contribution in [0.4, 0.5) is 5.82 Å². The van der Waals surface area contributed by atoms with E-state index in [2.05, 4.69) is 25.8 Å². The molecule has 1 atom stereocenters. The number of pyridine rings is 1. The molecule has 1 fully saturated rings. The third kappa shape index (κ3) is 3.11. The third-order valence-corrected chi connectivity index (χ3v) is 3.75. The summed E-state index contributed by atoms with van der Waals surface area (Å²) in [4.78, 5) is 6.75. The average molecular weight is 304 g/mol. The van der Waals surface area contributed by atoms with Gasteiger partial charge in [0.2, 0.25) is 0 Å². The van der Waals surface area contributed by atoms with Crippen molar-refractivity contribution >= 4 is 33.3 Å². The summed E-state index contributed by atoms with van der Waals surface area (Å²) in [5.41, 5.74) is 0. The van der Waals surface area contributed by atoms with Gasteiger partial charge in [-0.2, -0.15) is 0 Å². The van der Waals surface area contributed by atoms with Crippen molar-refractivity contribution in [3.05, 3.63) is 23.4 Å². The Labute approximate surface area is 110 Å². The molecule has 0 spiro atoms. The molecule has 0 amide bonds. The van der Waals surface area contributed by atoms with Crippen molar-refractivity contribution in [2.75, 3.05) is 23.3 Å². The van der Waals surface area contributed by atoms with E-state index in [1.54, 1.807) is 6.20 Å². The van der Waals surface area contributed by atoms with Gasteiger partial charge in [-0.25, -0.2) is 4.98 Å². The Balaban J connectivity index is 2.01. The van der Waals surface area contributed by atoms with Crippen LogP contribution in [-0.4, -0.2) is 23.4 Å².